The van der Waals surface area contributed by atoms with E-state index in [1.54, 1.807) is 0 Å². The monoisotopic (exact) mass is 431 g/mol. The second-order valence-corrected chi connectivity index (χ2v) is 7.64. The Balaban J connectivity index is 2.45. The van der Waals surface area contributed by atoms with Crippen LogP contribution in [0.3, 0.4) is 0 Å². The molecule has 0 bridgehead atoms. The average Bonchev–Trinajstić information content (AvgIpc) is 2.63. The number of carboxylic acid groups (broad SMARTS) is 1. The third-order valence-electron chi connectivity index (χ3n) is 5.09. The minimum absolute atomic E-state index is 0.0202. The molecule has 1 aromatic carbocycles. The lowest BCUT2D eigenvalue weighted by Gasteiger charge is -2.40. The number of nitrogens with zero attached hydrogens (tertiary/aromatic N) is 1. The maximum Gasteiger partial charge on any atom is 0.573 e. The molecule has 0 aromatic heterocycles. The van der Waals surface area contributed by atoms with Crippen molar-refractivity contribution in [3.05, 3.63) is 23.2 Å². The Hall–Kier alpha value is -2.40. The number of amides is 1. The van der Waals surface area contributed by atoms with Crippen LogP contribution < -0.4 is 9.64 Å². The number of hydrogen-bond acceptors (Lipinski definition) is 3. The fourth-order valence-corrected chi connectivity index (χ4v) is 3.97. The Morgan fingerprint density at radius 3 is 2.41 bits per heavy atom. The molecule has 158 valence electrons. The van der Waals surface area contributed by atoms with E-state index in [2.05, 4.69) is 4.74 Å². The van der Waals surface area contributed by atoms with E-state index >= 15 is 0 Å². The van der Waals surface area contributed by atoms with Gasteiger partial charge >= 0.3 is 18.2 Å². The summed E-state index contributed by atoms with van der Waals surface area (Å²) >= 11 is 5.89. The van der Waals surface area contributed by atoms with Gasteiger partial charge in [0.2, 0.25) is 0 Å². The number of hydrogen-bond donors (Lipinski definition) is 1. The van der Waals surface area contributed by atoms with Crippen LogP contribution in [-0.4, -0.2) is 28.9 Å². The molecular formula is C20H21ClF3NO4. The highest BCUT2D eigenvalue weighted by atomic mass is 35.5. The van der Waals surface area contributed by atoms with Crippen molar-refractivity contribution in [3.8, 4) is 18.1 Å². The van der Waals surface area contributed by atoms with Gasteiger partial charge in [0.25, 0.3) is 0 Å². The number of carbonyl (C=O) groups excluding carboxylic acids is 1. The Morgan fingerprint density at radius 2 is 1.93 bits per heavy atom. The highest BCUT2D eigenvalue weighted by Crippen LogP contribution is 2.39. The van der Waals surface area contributed by atoms with Gasteiger partial charge in [-0.15, -0.1) is 19.6 Å². The minimum Gasteiger partial charge on any atom is -0.479 e. The first kappa shape index (κ1) is 22.9. The van der Waals surface area contributed by atoms with E-state index in [9.17, 15) is 27.9 Å². The van der Waals surface area contributed by atoms with Crippen molar-refractivity contribution < 1.29 is 32.6 Å². The molecule has 29 heavy (non-hydrogen) atoms. The van der Waals surface area contributed by atoms with Gasteiger partial charge in [-0.2, -0.15) is 0 Å². The molecule has 0 spiro atoms. The predicted molar refractivity (Wildman–Crippen MR) is 102 cm³/mol. The normalized spacial score (nSPS) is 17.1. The number of carboxylic acids is 1. The average molecular weight is 432 g/mol. The number of terminal acetylenes is 1. The summed E-state index contributed by atoms with van der Waals surface area (Å²) in [5.41, 5.74) is -1.71. The van der Waals surface area contributed by atoms with Gasteiger partial charge in [0.05, 0.1) is 5.02 Å². The van der Waals surface area contributed by atoms with E-state index < -0.39 is 34.5 Å². The minimum atomic E-state index is -4.95. The second-order valence-electron chi connectivity index (χ2n) is 7.23. The molecule has 0 aliphatic heterocycles. The van der Waals surface area contributed by atoms with E-state index in [1.165, 1.54) is 6.92 Å². The molecule has 0 radical (unpaired) electrons. The van der Waals surface area contributed by atoms with Gasteiger partial charge in [-0.3, -0.25) is 9.69 Å². The SMILES string of the molecule is C#CC(=O)N(c1ccc(OC(F)(F)F)c(Cl)c1)[C@](C)(CC1CCCCC1)C(=O)O. The van der Waals surface area contributed by atoms with E-state index in [0.717, 1.165) is 55.2 Å². The molecule has 1 aliphatic rings. The third kappa shape index (κ3) is 5.57. The summed E-state index contributed by atoms with van der Waals surface area (Å²) in [6.45, 7) is 1.38. The molecule has 2 rings (SSSR count). The molecular weight excluding hydrogens is 411 g/mol. The lowest BCUT2D eigenvalue weighted by Crippen LogP contribution is -2.56. The number of aliphatic carboxylic acids is 1. The zero-order chi connectivity index (χ0) is 21.8. The summed E-state index contributed by atoms with van der Waals surface area (Å²) in [5.74, 6) is -0.869. The zero-order valence-electron chi connectivity index (χ0n) is 15.8. The standard InChI is InChI=1S/C20H21ClF3NO4/c1-3-17(26)25(14-9-10-16(15(21)11-14)29-20(22,23)24)19(2,18(27)28)12-13-7-5-4-6-8-13/h1,9-11,13H,4-8,12H2,2H3,(H,27,28)/t19-/m1/s1. The number of benzene rings is 1. The quantitative estimate of drug-likeness (QED) is 0.642. The fourth-order valence-electron chi connectivity index (χ4n) is 3.75. The van der Waals surface area contributed by atoms with Crippen molar-refractivity contribution in [1.82, 2.24) is 0 Å². The van der Waals surface area contributed by atoms with Gasteiger partial charge in [0.15, 0.2) is 0 Å². The lowest BCUT2D eigenvalue weighted by atomic mass is 9.79. The maximum atomic E-state index is 12.5. The van der Waals surface area contributed by atoms with Crippen LogP contribution in [0, 0.1) is 18.3 Å². The van der Waals surface area contributed by atoms with Crippen LogP contribution >= 0.6 is 11.6 Å². The summed E-state index contributed by atoms with van der Waals surface area (Å²) in [6.07, 6.45) is 5.15. The van der Waals surface area contributed by atoms with Gasteiger partial charge in [0.1, 0.15) is 11.3 Å². The van der Waals surface area contributed by atoms with Crippen LogP contribution in [0.15, 0.2) is 18.2 Å². The second kappa shape index (κ2) is 8.95. The first-order valence-corrected chi connectivity index (χ1v) is 9.45. The van der Waals surface area contributed by atoms with Crippen LogP contribution in [0.5, 0.6) is 5.75 Å². The predicted octanol–water partition coefficient (Wildman–Crippen LogP) is 5.02. The molecule has 1 fully saturated rings. The smallest absolute Gasteiger partial charge is 0.479 e. The largest absolute Gasteiger partial charge is 0.573 e. The molecule has 1 N–H and O–H groups in total. The summed E-state index contributed by atoms with van der Waals surface area (Å²) in [6, 6.07) is 3.09. The van der Waals surface area contributed by atoms with E-state index in [1.807, 2.05) is 5.92 Å². The molecule has 0 heterocycles. The van der Waals surface area contributed by atoms with Crippen molar-refractivity contribution in [2.75, 3.05) is 4.90 Å². The topological polar surface area (TPSA) is 66.8 Å². The zero-order valence-corrected chi connectivity index (χ0v) is 16.5. The van der Waals surface area contributed by atoms with E-state index in [0.29, 0.717) is 0 Å². The summed E-state index contributed by atoms with van der Waals surface area (Å²) in [5, 5.41) is 9.52. The number of ether oxygens (including phenoxy) is 1. The Morgan fingerprint density at radius 1 is 1.31 bits per heavy atom. The van der Waals surface area contributed by atoms with Gasteiger partial charge < -0.3 is 9.84 Å². The molecule has 5 nitrogen and oxygen atoms in total. The number of rotatable bonds is 6. The summed E-state index contributed by atoms with van der Waals surface area (Å²) in [4.78, 5) is 25.6. The number of carbonyl (C=O) groups is 2. The maximum absolute atomic E-state index is 12.5. The van der Waals surface area contributed by atoms with Crippen molar-refractivity contribution in [3.63, 3.8) is 0 Å². The third-order valence-corrected chi connectivity index (χ3v) is 5.39. The number of alkyl halides is 3. The van der Waals surface area contributed by atoms with Crippen LogP contribution in [0.2, 0.25) is 5.02 Å². The Kier molecular flexibility index (Phi) is 7.06. The molecule has 1 aliphatic carbocycles. The van der Waals surface area contributed by atoms with Gasteiger partial charge in [-0.1, -0.05) is 43.7 Å². The Bertz CT molecular complexity index is 815. The molecule has 1 aromatic rings. The van der Waals surface area contributed by atoms with E-state index in [4.69, 9.17) is 18.0 Å². The molecule has 9 heteroatoms. The highest BCUT2D eigenvalue weighted by molar-refractivity contribution is 6.32. The molecule has 0 saturated heterocycles. The van der Waals surface area contributed by atoms with Crippen molar-refractivity contribution >= 4 is 29.2 Å². The Labute approximate surface area is 171 Å². The van der Waals surface area contributed by atoms with Crippen molar-refractivity contribution in [1.29, 1.82) is 0 Å². The molecule has 0 unspecified atom stereocenters. The van der Waals surface area contributed by atoms with Crippen LogP contribution in [0.25, 0.3) is 0 Å². The number of halogens is 4. The van der Waals surface area contributed by atoms with Gasteiger partial charge in [-0.25, -0.2) is 4.79 Å². The fraction of sp³-hybridized carbons (Fsp3) is 0.500. The summed E-state index contributed by atoms with van der Waals surface area (Å²) < 4.78 is 41.2. The highest BCUT2D eigenvalue weighted by Gasteiger charge is 2.45. The van der Waals surface area contributed by atoms with Crippen LogP contribution in [0.4, 0.5) is 18.9 Å². The van der Waals surface area contributed by atoms with E-state index in [-0.39, 0.29) is 18.0 Å². The first-order chi connectivity index (χ1) is 13.5. The van der Waals surface area contributed by atoms with Crippen LogP contribution in [0.1, 0.15) is 45.4 Å². The van der Waals surface area contributed by atoms with Crippen molar-refractivity contribution in [2.24, 2.45) is 5.92 Å². The molecule has 1 atom stereocenters. The lowest BCUT2D eigenvalue weighted by molar-refractivity contribution is -0.274. The number of anilines is 1. The summed E-state index contributed by atoms with van der Waals surface area (Å²) in [7, 11) is 0. The van der Waals surface area contributed by atoms with Crippen molar-refractivity contribution in [2.45, 2.75) is 57.3 Å². The van der Waals surface area contributed by atoms with Gasteiger partial charge in [0, 0.05) is 5.69 Å². The van der Waals surface area contributed by atoms with Gasteiger partial charge in [-0.05, 0) is 43.4 Å². The first-order valence-electron chi connectivity index (χ1n) is 9.07. The van der Waals surface area contributed by atoms with Crippen LogP contribution in [-0.2, 0) is 9.59 Å². The molecule has 1 saturated carbocycles. The molecule has 1 amide bonds.